The van der Waals surface area contributed by atoms with Crippen molar-refractivity contribution in [3.63, 3.8) is 0 Å². The molecule has 1 heterocycles. The van der Waals surface area contributed by atoms with Gasteiger partial charge in [-0.1, -0.05) is 11.6 Å². The van der Waals surface area contributed by atoms with Gasteiger partial charge in [-0.15, -0.1) is 0 Å². The molecule has 0 aliphatic heterocycles. The second kappa shape index (κ2) is 5.16. The summed E-state index contributed by atoms with van der Waals surface area (Å²) in [4.78, 5) is 23.3. The van der Waals surface area contributed by atoms with Crippen LogP contribution in [-0.2, 0) is 7.05 Å². The topological polar surface area (TPSA) is 84.2 Å². The van der Waals surface area contributed by atoms with Crippen LogP contribution < -0.4 is 5.32 Å². The number of aromatic nitrogens is 2. The van der Waals surface area contributed by atoms with Gasteiger partial charge in [0.25, 0.3) is 5.91 Å². The number of nitrogens with zero attached hydrogens (tertiary/aromatic N) is 2. The molecule has 0 aliphatic carbocycles. The van der Waals surface area contributed by atoms with E-state index in [0.717, 1.165) is 11.3 Å². The van der Waals surface area contributed by atoms with Gasteiger partial charge in [0.2, 0.25) is 0 Å². The zero-order chi connectivity index (χ0) is 14.9. The minimum atomic E-state index is -1.08. The first-order chi connectivity index (χ1) is 9.38. The van der Waals surface area contributed by atoms with Crippen LogP contribution in [0.3, 0.4) is 0 Å². The predicted molar refractivity (Wildman–Crippen MR) is 74.0 cm³/mol. The van der Waals surface area contributed by atoms with Gasteiger partial charge in [0.05, 0.1) is 16.9 Å². The van der Waals surface area contributed by atoms with Gasteiger partial charge in [-0.3, -0.25) is 9.48 Å². The standard InChI is InChI=1S/C14H15N3O3/c1-8-4-5-11(10(6-8)14(19)20)15-13(18)12-7-9(2)16-17(12)3/h4-7H,1-3H3,(H,15,18)(H,19,20). The van der Waals surface area contributed by atoms with E-state index in [2.05, 4.69) is 10.4 Å². The van der Waals surface area contributed by atoms with Crippen LogP contribution in [0.25, 0.3) is 0 Å². The van der Waals surface area contributed by atoms with Crippen LogP contribution in [0.5, 0.6) is 0 Å². The number of amides is 1. The van der Waals surface area contributed by atoms with E-state index in [-0.39, 0.29) is 17.2 Å². The molecule has 0 bridgehead atoms. The Morgan fingerprint density at radius 3 is 2.50 bits per heavy atom. The van der Waals surface area contributed by atoms with E-state index < -0.39 is 5.97 Å². The highest BCUT2D eigenvalue weighted by molar-refractivity contribution is 6.07. The Morgan fingerprint density at radius 2 is 1.95 bits per heavy atom. The number of nitrogens with one attached hydrogen (secondary N) is 1. The van der Waals surface area contributed by atoms with E-state index in [1.54, 1.807) is 39.1 Å². The molecule has 6 heteroatoms. The van der Waals surface area contributed by atoms with E-state index in [9.17, 15) is 9.59 Å². The molecule has 0 radical (unpaired) electrons. The Labute approximate surface area is 116 Å². The van der Waals surface area contributed by atoms with E-state index >= 15 is 0 Å². The fourth-order valence-corrected chi connectivity index (χ4v) is 1.95. The first-order valence-corrected chi connectivity index (χ1v) is 6.04. The summed E-state index contributed by atoms with van der Waals surface area (Å²) in [6.45, 7) is 3.58. The number of aromatic carboxylic acids is 1. The largest absolute Gasteiger partial charge is 0.478 e. The van der Waals surface area contributed by atoms with Crippen molar-refractivity contribution in [3.05, 3.63) is 46.8 Å². The Balaban J connectivity index is 2.33. The van der Waals surface area contributed by atoms with Crippen LogP contribution in [-0.4, -0.2) is 26.8 Å². The fraction of sp³-hybridized carbons (Fsp3) is 0.214. The Morgan fingerprint density at radius 1 is 1.25 bits per heavy atom. The molecule has 0 aliphatic rings. The van der Waals surface area contributed by atoms with E-state index in [0.29, 0.717) is 5.69 Å². The zero-order valence-electron chi connectivity index (χ0n) is 11.5. The molecule has 1 aromatic heterocycles. The number of hydrogen-bond donors (Lipinski definition) is 2. The van der Waals surface area contributed by atoms with Gasteiger partial charge in [0.1, 0.15) is 5.69 Å². The van der Waals surface area contributed by atoms with E-state index in [1.165, 1.54) is 10.7 Å². The minimum absolute atomic E-state index is 0.0669. The lowest BCUT2D eigenvalue weighted by Crippen LogP contribution is -2.18. The average molecular weight is 273 g/mol. The summed E-state index contributed by atoms with van der Waals surface area (Å²) in [5.74, 6) is -1.47. The van der Waals surface area contributed by atoms with Crippen molar-refractivity contribution in [2.75, 3.05) is 5.32 Å². The van der Waals surface area contributed by atoms with Crippen molar-refractivity contribution in [2.45, 2.75) is 13.8 Å². The van der Waals surface area contributed by atoms with Crippen molar-refractivity contribution in [1.82, 2.24) is 9.78 Å². The molecule has 1 amide bonds. The number of carboxylic acids is 1. The Hall–Kier alpha value is -2.63. The lowest BCUT2D eigenvalue weighted by molar-refractivity contribution is 0.0698. The smallest absolute Gasteiger partial charge is 0.337 e. The number of rotatable bonds is 3. The predicted octanol–water partition coefficient (Wildman–Crippen LogP) is 1.99. The van der Waals surface area contributed by atoms with E-state index in [4.69, 9.17) is 5.11 Å². The lowest BCUT2D eigenvalue weighted by atomic mass is 10.1. The van der Waals surface area contributed by atoms with Gasteiger partial charge in [-0.25, -0.2) is 4.79 Å². The monoisotopic (exact) mass is 273 g/mol. The van der Waals surface area contributed by atoms with Crippen molar-refractivity contribution < 1.29 is 14.7 Å². The second-order valence-corrected chi connectivity index (χ2v) is 4.60. The van der Waals surface area contributed by atoms with Crippen LogP contribution >= 0.6 is 0 Å². The summed E-state index contributed by atoms with van der Waals surface area (Å²) in [5.41, 5.74) is 2.25. The number of carboxylic acid groups (broad SMARTS) is 1. The lowest BCUT2D eigenvalue weighted by Gasteiger charge is -2.09. The maximum atomic E-state index is 12.1. The molecule has 0 unspecified atom stereocenters. The highest BCUT2D eigenvalue weighted by atomic mass is 16.4. The maximum absolute atomic E-state index is 12.1. The molecular weight excluding hydrogens is 258 g/mol. The van der Waals surface area contributed by atoms with Crippen LogP contribution in [0.15, 0.2) is 24.3 Å². The third-order valence-electron chi connectivity index (χ3n) is 2.89. The average Bonchev–Trinajstić information content (AvgIpc) is 2.70. The summed E-state index contributed by atoms with van der Waals surface area (Å²) in [6.07, 6.45) is 0. The molecule has 20 heavy (non-hydrogen) atoms. The molecule has 0 fully saturated rings. The number of aryl methyl sites for hydroxylation is 3. The summed E-state index contributed by atoms with van der Waals surface area (Å²) in [5, 5.41) is 15.9. The van der Waals surface area contributed by atoms with E-state index in [1.807, 2.05) is 0 Å². The Bertz CT molecular complexity index is 689. The van der Waals surface area contributed by atoms with Crippen molar-refractivity contribution in [3.8, 4) is 0 Å². The molecule has 0 atom stereocenters. The number of carbonyl (C=O) groups excluding carboxylic acids is 1. The fourth-order valence-electron chi connectivity index (χ4n) is 1.95. The molecular formula is C14H15N3O3. The molecule has 2 aromatic rings. The zero-order valence-corrected chi connectivity index (χ0v) is 11.5. The van der Waals surface area contributed by atoms with Crippen molar-refractivity contribution in [1.29, 1.82) is 0 Å². The van der Waals surface area contributed by atoms with Gasteiger partial charge in [0, 0.05) is 7.05 Å². The highest BCUT2D eigenvalue weighted by Gasteiger charge is 2.16. The molecule has 2 rings (SSSR count). The summed E-state index contributed by atoms with van der Waals surface area (Å²) in [6, 6.07) is 6.49. The molecule has 6 nitrogen and oxygen atoms in total. The SMILES string of the molecule is Cc1ccc(NC(=O)c2cc(C)nn2C)c(C(=O)O)c1. The number of hydrogen-bond acceptors (Lipinski definition) is 3. The van der Waals surface area contributed by atoms with Crippen LogP contribution in [0, 0.1) is 13.8 Å². The first kappa shape index (κ1) is 13.8. The third-order valence-corrected chi connectivity index (χ3v) is 2.89. The molecule has 0 saturated heterocycles. The number of anilines is 1. The summed E-state index contributed by atoms with van der Waals surface area (Å²) >= 11 is 0. The van der Waals surface area contributed by atoms with Gasteiger partial charge < -0.3 is 10.4 Å². The van der Waals surface area contributed by atoms with Crippen LogP contribution in [0.1, 0.15) is 32.1 Å². The summed E-state index contributed by atoms with van der Waals surface area (Å²) in [7, 11) is 1.66. The van der Waals surface area contributed by atoms with Crippen LogP contribution in [0.2, 0.25) is 0 Å². The third kappa shape index (κ3) is 2.69. The van der Waals surface area contributed by atoms with Gasteiger partial charge in [0.15, 0.2) is 0 Å². The Kier molecular flexibility index (Phi) is 3.56. The normalized spacial score (nSPS) is 10.3. The molecule has 1 aromatic carbocycles. The molecule has 0 spiro atoms. The van der Waals surface area contributed by atoms with Gasteiger partial charge in [-0.2, -0.15) is 5.10 Å². The van der Waals surface area contributed by atoms with Crippen molar-refractivity contribution >= 4 is 17.6 Å². The molecule has 2 N–H and O–H groups in total. The maximum Gasteiger partial charge on any atom is 0.337 e. The quantitative estimate of drug-likeness (QED) is 0.895. The van der Waals surface area contributed by atoms with Crippen LogP contribution in [0.4, 0.5) is 5.69 Å². The second-order valence-electron chi connectivity index (χ2n) is 4.60. The number of benzene rings is 1. The van der Waals surface area contributed by atoms with Gasteiger partial charge >= 0.3 is 5.97 Å². The van der Waals surface area contributed by atoms with Gasteiger partial charge in [-0.05, 0) is 32.0 Å². The molecule has 0 saturated carbocycles. The summed E-state index contributed by atoms with van der Waals surface area (Å²) < 4.78 is 1.46. The number of carbonyl (C=O) groups is 2. The highest BCUT2D eigenvalue weighted by Crippen LogP contribution is 2.18. The minimum Gasteiger partial charge on any atom is -0.478 e. The molecule has 104 valence electrons. The first-order valence-electron chi connectivity index (χ1n) is 6.04. The van der Waals surface area contributed by atoms with Crippen molar-refractivity contribution in [2.24, 2.45) is 7.05 Å².